The number of hydrogen-bond acceptors (Lipinski definition) is 6. The molecule has 29 heavy (non-hydrogen) atoms. The summed E-state index contributed by atoms with van der Waals surface area (Å²) in [6.07, 6.45) is 4.10. The Bertz CT molecular complexity index is 1060. The number of rotatable bonds is 6. The summed E-state index contributed by atoms with van der Waals surface area (Å²) in [6, 6.07) is 10.9. The second-order valence-corrected chi connectivity index (χ2v) is 9.96. The highest BCUT2D eigenvalue weighted by atomic mass is 32.2. The number of sulfonamides is 1. The van der Waals surface area contributed by atoms with E-state index in [4.69, 9.17) is 0 Å². The van der Waals surface area contributed by atoms with Gasteiger partial charge in [0.05, 0.1) is 6.54 Å². The molecule has 8 nitrogen and oxygen atoms in total. The molecule has 0 saturated carbocycles. The lowest BCUT2D eigenvalue weighted by molar-refractivity contribution is -0.120. The number of piperidine rings is 1. The number of thiophene rings is 1. The van der Waals surface area contributed by atoms with Crippen molar-refractivity contribution in [2.24, 2.45) is 5.92 Å². The molecule has 0 spiro atoms. The van der Waals surface area contributed by atoms with E-state index < -0.39 is 10.0 Å². The average Bonchev–Trinajstić information content (AvgIpc) is 3.44. The van der Waals surface area contributed by atoms with Gasteiger partial charge in [-0.15, -0.1) is 11.3 Å². The summed E-state index contributed by atoms with van der Waals surface area (Å²) in [4.78, 5) is 16.7. The number of anilines is 1. The van der Waals surface area contributed by atoms with E-state index in [1.54, 1.807) is 28.5 Å². The number of benzene rings is 1. The van der Waals surface area contributed by atoms with Gasteiger partial charge in [0.1, 0.15) is 16.9 Å². The van der Waals surface area contributed by atoms with Crippen LogP contribution in [0, 0.1) is 5.92 Å². The van der Waals surface area contributed by atoms with Gasteiger partial charge in [0, 0.05) is 24.7 Å². The first-order valence-electron chi connectivity index (χ1n) is 9.29. The first-order chi connectivity index (χ1) is 14.0. The van der Waals surface area contributed by atoms with Crippen LogP contribution in [0.1, 0.15) is 18.4 Å². The number of carbonyl (C=O) groups excluding carboxylic acids is 1. The molecule has 0 radical (unpaired) electrons. The van der Waals surface area contributed by atoms with Crippen LogP contribution in [0.5, 0.6) is 0 Å². The third-order valence-electron chi connectivity index (χ3n) is 4.99. The van der Waals surface area contributed by atoms with Gasteiger partial charge >= 0.3 is 0 Å². The van der Waals surface area contributed by atoms with E-state index in [-0.39, 0.29) is 11.8 Å². The molecule has 2 aromatic heterocycles. The highest BCUT2D eigenvalue weighted by Crippen LogP contribution is 2.27. The molecule has 3 aromatic rings. The van der Waals surface area contributed by atoms with Crippen LogP contribution in [-0.2, 0) is 21.4 Å². The molecule has 152 valence electrons. The smallest absolute Gasteiger partial charge is 0.252 e. The van der Waals surface area contributed by atoms with Crippen LogP contribution in [0.25, 0.3) is 0 Å². The second kappa shape index (κ2) is 8.44. The van der Waals surface area contributed by atoms with Crippen molar-refractivity contribution >= 4 is 33.0 Å². The van der Waals surface area contributed by atoms with Gasteiger partial charge in [-0.2, -0.15) is 9.40 Å². The van der Waals surface area contributed by atoms with Crippen LogP contribution in [0.3, 0.4) is 0 Å². The molecule has 1 fully saturated rings. The Kier molecular flexibility index (Phi) is 5.74. The Morgan fingerprint density at radius 1 is 1.17 bits per heavy atom. The fourth-order valence-electron chi connectivity index (χ4n) is 3.40. The molecule has 1 N–H and O–H groups in total. The molecule has 0 aliphatic carbocycles. The second-order valence-electron chi connectivity index (χ2n) is 6.85. The molecular formula is C19H21N5O3S2. The van der Waals surface area contributed by atoms with Gasteiger partial charge in [0.15, 0.2) is 0 Å². The third-order valence-corrected chi connectivity index (χ3v) is 8.26. The van der Waals surface area contributed by atoms with Crippen molar-refractivity contribution < 1.29 is 13.2 Å². The monoisotopic (exact) mass is 431 g/mol. The number of para-hydroxylation sites is 1. The Hall–Kier alpha value is -2.56. The maximum atomic E-state index is 12.8. The highest BCUT2D eigenvalue weighted by molar-refractivity contribution is 7.91. The van der Waals surface area contributed by atoms with Crippen molar-refractivity contribution in [1.29, 1.82) is 0 Å². The molecule has 1 saturated heterocycles. The molecule has 10 heteroatoms. The summed E-state index contributed by atoms with van der Waals surface area (Å²) < 4.78 is 28.8. The first-order valence-corrected chi connectivity index (χ1v) is 11.6. The molecule has 4 rings (SSSR count). The van der Waals surface area contributed by atoms with Crippen LogP contribution < -0.4 is 5.32 Å². The topological polar surface area (TPSA) is 97.2 Å². The Labute approximate surface area is 173 Å². The minimum absolute atomic E-state index is 0.0794. The number of nitrogens with one attached hydrogen (secondary N) is 1. The molecular weight excluding hydrogens is 410 g/mol. The molecule has 1 amide bonds. The summed E-state index contributed by atoms with van der Waals surface area (Å²) in [7, 11) is -3.46. The maximum Gasteiger partial charge on any atom is 0.252 e. The molecule has 3 heterocycles. The van der Waals surface area contributed by atoms with Gasteiger partial charge < -0.3 is 5.32 Å². The zero-order valence-electron chi connectivity index (χ0n) is 15.6. The molecule has 1 aliphatic rings. The van der Waals surface area contributed by atoms with Crippen molar-refractivity contribution in [2.45, 2.75) is 23.6 Å². The van der Waals surface area contributed by atoms with E-state index in [0.717, 1.165) is 11.3 Å². The maximum absolute atomic E-state index is 12.8. The third kappa shape index (κ3) is 4.39. The fraction of sp³-hybridized carbons (Fsp3) is 0.316. The number of aromatic nitrogens is 3. The van der Waals surface area contributed by atoms with Gasteiger partial charge in [-0.1, -0.05) is 24.3 Å². The van der Waals surface area contributed by atoms with E-state index in [1.165, 1.54) is 22.0 Å². The molecule has 0 unspecified atom stereocenters. The Balaban J connectivity index is 1.39. The zero-order chi connectivity index (χ0) is 20.3. The van der Waals surface area contributed by atoms with E-state index in [1.807, 2.05) is 24.3 Å². The number of hydrogen-bond donors (Lipinski definition) is 1. The summed E-state index contributed by atoms with van der Waals surface area (Å²) in [5, 5.41) is 8.87. The largest absolute Gasteiger partial charge is 0.326 e. The molecule has 0 bridgehead atoms. The van der Waals surface area contributed by atoms with E-state index >= 15 is 0 Å². The molecule has 0 atom stereocenters. The highest BCUT2D eigenvalue weighted by Gasteiger charge is 2.32. The predicted octanol–water partition coefficient (Wildman–Crippen LogP) is 2.43. The lowest BCUT2D eigenvalue weighted by Gasteiger charge is -2.30. The molecule has 1 aromatic carbocycles. The number of carbonyl (C=O) groups is 1. The summed E-state index contributed by atoms with van der Waals surface area (Å²) in [5.41, 5.74) is 1.67. The number of nitrogens with zero attached hydrogens (tertiary/aromatic N) is 4. The summed E-state index contributed by atoms with van der Waals surface area (Å²) in [5.74, 6) is -0.298. The fourth-order valence-corrected chi connectivity index (χ4v) is 6.01. The van der Waals surface area contributed by atoms with Crippen molar-refractivity contribution in [3.05, 3.63) is 60.0 Å². The van der Waals surface area contributed by atoms with Crippen LogP contribution in [-0.4, -0.2) is 46.5 Å². The predicted molar refractivity (Wildman–Crippen MR) is 110 cm³/mol. The Morgan fingerprint density at radius 3 is 2.66 bits per heavy atom. The summed E-state index contributed by atoms with van der Waals surface area (Å²) in [6.45, 7) is 1.20. The van der Waals surface area contributed by atoms with Crippen LogP contribution in [0.2, 0.25) is 0 Å². The van der Waals surface area contributed by atoms with Gasteiger partial charge in [-0.05, 0) is 35.9 Å². The Morgan fingerprint density at radius 2 is 1.97 bits per heavy atom. The minimum Gasteiger partial charge on any atom is -0.326 e. The van der Waals surface area contributed by atoms with Gasteiger partial charge in [-0.3, -0.25) is 4.79 Å². The first kappa shape index (κ1) is 19.7. The SMILES string of the molecule is O=C(Nc1ccccc1Cn1cncn1)C1CCN(S(=O)(=O)c2cccs2)CC1. The van der Waals surface area contributed by atoms with Crippen LogP contribution >= 0.6 is 11.3 Å². The normalized spacial score (nSPS) is 16.0. The van der Waals surface area contributed by atoms with E-state index in [2.05, 4.69) is 15.4 Å². The average molecular weight is 432 g/mol. The summed E-state index contributed by atoms with van der Waals surface area (Å²) >= 11 is 1.21. The lowest BCUT2D eigenvalue weighted by atomic mass is 9.97. The van der Waals surface area contributed by atoms with Gasteiger partial charge in [0.25, 0.3) is 10.0 Å². The van der Waals surface area contributed by atoms with Crippen LogP contribution in [0.15, 0.2) is 58.6 Å². The van der Waals surface area contributed by atoms with Crippen molar-refractivity contribution in [3.63, 3.8) is 0 Å². The minimum atomic E-state index is -3.46. The van der Waals surface area contributed by atoms with Crippen molar-refractivity contribution in [3.8, 4) is 0 Å². The van der Waals surface area contributed by atoms with Crippen LogP contribution in [0.4, 0.5) is 5.69 Å². The number of amides is 1. The van der Waals surface area contributed by atoms with Gasteiger partial charge in [0.2, 0.25) is 5.91 Å². The molecule has 1 aliphatic heterocycles. The van der Waals surface area contributed by atoms with E-state index in [9.17, 15) is 13.2 Å². The van der Waals surface area contributed by atoms with Crippen molar-refractivity contribution in [2.75, 3.05) is 18.4 Å². The zero-order valence-corrected chi connectivity index (χ0v) is 17.3. The standard InChI is InChI=1S/C19H21N5O3S2/c25-19(22-17-5-2-1-4-16(17)12-23-14-20-13-21-23)15-7-9-24(10-8-15)29(26,27)18-6-3-11-28-18/h1-6,11,13-15H,7-10,12H2,(H,22,25). The van der Waals surface area contributed by atoms with E-state index in [0.29, 0.717) is 36.7 Å². The van der Waals surface area contributed by atoms with Crippen molar-refractivity contribution in [1.82, 2.24) is 19.1 Å². The quantitative estimate of drug-likeness (QED) is 0.647. The lowest BCUT2D eigenvalue weighted by Crippen LogP contribution is -2.41. The van der Waals surface area contributed by atoms with Gasteiger partial charge in [-0.25, -0.2) is 18.1 Å².